The van der Waals surface area contributed by atoms with Crippen molar-refractivity contribution in [3.63, 3.8) is 0 Å². The van der Waals surface area contributed by atoms with Crippen LogP contribution in [0.25, 0.3) is 0 Å². The number of carbonyl (C=O) groups excluding carboxylic acids is 1. The molecule has 162 valence electrons. The van der Waals surface area contributed by atoms with Gasteiger partial charge in [0.2, 0.25) is 10.0 Å². The number of amides is 1. The molecule has 0 spiro atoms. The Bertz CT molecular complexity index is 958. The standard InChI is InChI=1S/C21H27N3O5S/c1-28-17-8-9-19(20(16-17)29-2)21(25)22-10-11-23-12-14-24(15-13-23)30(26,27)18-6-4-3-5-7-18/h3-9,16H,10-15H2,1-2H3,(H,22,25). The molecule has 9 heteroatoms. The summed E-state index contributed by atoms with van der Waals surface area (Å²) in [5, 5.41) is 2.89. The lowest BCUT2D eigenvalue weighted by Crippen LogP contribution is -2.50. The van der Waals surface area contributed by atoms with Gasteiger partial charge in [-0.15, -0.1) is 0 Å². The first-order chi connectivity index (χ1) is 14.5. The summed E-state index contributed by atoms with van der Waals surface area (Å²) in [6.07, 6.45) is 0. The zero-order valence-electron chi connectivity index (χ0n) is 17.2. The van der Waals surface area contributed by atoms with Gasteiger partial charge in [-0.1, -0.05) is 18.2 Å². The van der Waals surface area contributed by atoms with Gasteiger partial charge in [-0.05, 0) is 24.3 Å². The van der Waals surface area contributed by atoms with E-state index in [1.165, 1.54) is 11.4 Å². The first-order valence-corrected chi connectivity index (χ1v) is 11.2. The topological polar surface area (TPSA) is 88.2 Å². The normalized spacial score (nSPS) is 15.5. The maximum Gasteiger partial charge on any atom is 0.255 e. The molecule has 0 atom stereocenters. The number of carbonyl (C=O) groups is 1. The first kappa shape index (κ1) is 22.1. The molecule has 0 aromatic heterocycles. The zero-order chi connectivity index (χ0) is 21.6. The van der Waals surface area contributed by atoms with Crippen molar-refractivity contribution in [3.8, 4) is 11.5 Å². The van der Waals surface area contributed by atoms with Gasteiger partial charge in [0.15, 0.2) is 0 Å². The molecule has 2 aromatic carbocycles. The van der Waals surface area contributed by atoms with E-state index in [9.17, 15) is 13.2 Å². The number of hydrogen-bond donors (Lipinski definition) is 1. The van der Waals surface area contributed by atoms with Crippen LogP contribution in [0.2, 0.25) is 0 Å². The van der Waals surface area contributed by atoms with Gasteiger partial charge < -0.3 is 14.8 Å². The minimum absolute atomic E-state index is 0.222. The summed E-state index contributed by atoms with van der Waals surface area (Å²) in [5.41, 5.74) is 0.442. The third-order valence-corrected chi connectivity index (χ3v) is 6.99. The number of methoxy groups -OCH3 is 2. The fraction of sp³-hybridized carbons (Fsp3) is 0.381. The zero-order valence-corrected chi connectivity index (χ0v) is 18.0. The van der Waals surface area contributed by atoms with Crippen molar-refractivity contribution in [1.82, 2.24) is 14.5 Å². The second kappa shape index (κ2) is 9.92. The number of hydrogen-bond acceptors (Lipinski definition) is 6. The smallest absolute Gasteiger partial charge is 0.255 e. The second-order valence-electron chi connectivity index (χ2n) is 6.88. The SMILES string of the molecule is COc1ccc(C(=O)NCCN2CCN(S(=O)(=O)c3ccccc3)CC2)c(OC)c1. The highest BCUT2D eigenvalue weighted by Gasteiger charge is 2.28. The molecule has 0 aliphatic carbocycles. The minimum atomic E-state index is -3.46. The number of benzene rings is 2. The molecule has 1 heterocycles. The Hall–Kier alpha value is -2.62. The predicted octanol–water partition coefficient (Wildman–Crippen LogP) is 1.44. The van der Waals surface area contributed by atoms with Crippen molar-refractivity contribution in [2.75, 3.05) is 53.5 Å². The molecular weight excluding hydrogens is 406 g/mol. The molecule has 1 amide bonds. The van der Waals surface area contributed by atoms with Crippen LogP contribution in [0, 0.1) is 0 Å². The highest BCUT2D eigenvalue weighted by molar-refractivity contribution is 7.89. The average Bonchev–Trinajstić information content (AvgIpc) is 2.79. The van der Waals surface area contributed by atoms with E-state index in [1.54, 1.807) is 55.6 Å². The van der Waals surface area contributed by atoms with Crippen molar-refractivity contribution in [2.24, 2.45) is 0 Å². The molecule has 0 radical (unpaired) electrons. The highest BCUT2D eigenvalue weighted by atomic mass is 32.2. The molecule has 2 aromatic rings. The van der Waals surface area contributed by atoms with Crippen LogP contribution >= 0.6 is 0 Å². The van der Waals surface area contributed by atoms with Gasteiger partial charge in [0.05, 0.1) is 24.7 Å². The van der Waals surface area contributed by atoms with Crippen LogP contribution in [0.4, 0.5) is 0 Å². The maximum atomic E-state index is 12.7. The van der Waals surface area contributed by atoms with Gasteiger partial charge in [-0.2, -0.15) is 4.31 Å². The number of sulfonamides is 1. The Balaban J connectivity index is 1.48. The number of nitrogens with zero attached hydrogens (tertiary/aromatic N) is 2. The van der Waals surface area contributed by atoms with E-state index in [0.717, 1.165) is 0 Å². The van der Waals surface area contributed by atoms with Crippen molar-refractivity contribution >= 4 is 15.9 Å². The van der Waals surface area contributed by atoms with Crippen LogP contribution in [0.1, 0.15) is 10.4 Å². The molecule has 0 bridgehead atoms. The molecule has 0 saturated carbocycles. The molecule has 30 heavy (non-hydrogen) atoms. The largest absolute Gasteiger partial charge is 0.497 e. The average molecular weight is 434 g/mol. The molecule has 8 nitrogen and oxygen atoms in total. The van der Waals surface area contributed by atoms with Gasteiger partial charge in [-0.3, -0.25) is 9.69 Å². The highest BCUT2D eigenvalue weighted by Crippen LogP contribution is 2.24. The van der Waals surface area contributed by atoms with Crippen molar-refractivity contribution in [3.05, 3.63) is 54.1 Å². The fourth-order valence-electron chi connectivity index (χ4n) is 3.34. The summed E-state index contributed by atoms with van der Waals surface area (Å²) in [5.74, 6) is 0.845. The molecule has 1 fully saturated rings. The van der Waals surface area contributed by atoms with E-state index < -0.39 is 10.0 Å². The van der Waals surface area contributed by atoms with E-state index >= 15 is 0 Å². The van der Waals surface area contributed by atoms with Gasteiger partial charge in [0, 0.05) is 45.3 Å². The molecular formula is C21H27N3O5S. The molecule has 1 aliphatic heterocycles. The Morgan fingerprint density at radius 2 is 1.70 bits per heavy atom. The van der Waals surface area contributed by atoms with Gasteiger partial charge in [0.1, 0.15) is 11.5 Å². The number of ether oxygens (including phenoxy) is 2. The summed E-state index contributed by atoms with van der Waals surface area (Å²) in [6.45, 7) is 3.19. The second-order valence-corrected chi connectivity index (χ2v) is 8.82. The third-order valence-electron chi connectivity index (χ3n) is 5.08. The van der Waals surface area contributed by atoms with Gasteiger partial charge in [-0.25, -0.2) is 8.42 Å². The lowest BCUT2D eigenvalue weighted by atomic mass is 10.1. The summed E-state index contributed by atoms with van der Waals surface area (Å²) >= 11 is 0. The summed E-state index contributed by atoms with van der Waals surface area (Å²) in [4.78, 5) is 14.9. The molecule has 1 N–H and O–H groups in total. The number of rotatable bonds is 8. The van der Waals surface area contributed by atoms with Crippen LogP contribution < -0.4 is 14.8 Å². The van der Waals surface area contributed by atoms with E-state index in [4.69, 9.17) is 9.47 Å². The summed E-state index contributed by atoms with van der Waals surface area (Å²) < 4.78 is 37.3. The summed E-state index contributed by atoms with van der Waals surface area (Å²) in [7, 11) is -0.393. The number of nitrogens with one attached hydrogen (secondary N) is 1. The van der Waals surface area contributed by atoms with E-state index in [-0.39, 0.29) is 5.91 Å². The Morgan fingerprint density at radius 3 is 2.33 bits per heavy atom. The number of piperazine rings is 1. The Labute approximate surface area is 177 Å². The van der Waals surface area contributed by atoms with Crippen LogP contribution in [-0.2, 0) is 10.0 Å². The third kappa shape index (κ3) is 5.10. The van der Waals surface area contributed by atoms with Crippen molar-refractivity contribution in [1.29, 1.82) is 0 Å². The van der Waals surface area contributed by atoms with Gasteiger partial charge >= 0.3 is 0 Å². The predicted molar refractivity (Wildman–Crippen MR) is 114 cm³/mol. The maximum absolute atomic E-state index is 12.7. The van der Waals surface area contributed by atoms with Crippen LogP contribution in [-0.4, -0.2) is 77.0 Å². The fourth-order valence-corrected chi connectivity index (χ4v) is 4.79. The monoisotopic (exact) mass is 433 g/mol. The van der Waals surface area contributed by atoms with Crippen molar-refractivity contribution in [2.45, 2.75) is 4.90 Å². The first-order valence-electron chi connectivity index (χ1n) is 9.73. The lowest BCUT2D eigenvalue weighted by Gasteiger charge is -2.33. The van der Waals surface area contributed by atoms with Crippen LogP contribution in [0.5, 0.6) is 11.5 Å². The molecule has 1 saturated heterocycles. The van der Waals surface area contributed by atoms with Crippen LogP contribution in [0.15, 0.2) is 53.4 Å². The molecule has 1 aliphatic rings. The molecule has 0 unspecified atom stereocenters. The minimum Gasteiger partial charge on any atom is -0.497 e. The quantitative estimate of drug-likeness (QED) is 0.678. The Kier molecular flexibility index (Phi) is 7.30. The lowest BCUT2D eigenvalue weighted by molar-refractivity contribution is 0.0942. The van der Waals surface area contributed by atoms with E-state index in [1.807, 2.05) is 0 Å². The van der Waals surface area contributed by atoms with E-state index in [2.05, 4.69) is 10.2 Å². The van der Waals surface area contributed by atoms with Crippen molar-refractivity contribution < 1.29 is 22.7 Å². The van der Waals surface area contributed by atoms with Crippen LogP contribution in [0.3, 0.4) is 0 Å². The summed E-state index contributed by atoms with van der Waals surface area (Å²) in [6, 6.07) is 13.5. The van der Waals surface area contributed by atoms with Gasteiger partial charge in [0.25, 0.3) is 5.91 Å². The molecule has 3 rings (SSSR count). The van der Waals surface area contributed by atoms with E-state index in [0.29, 0.717) is 61.2 Å². The Morgan fingerprint density at radius 1 is 1.00 bits per heavy atom.